The largest absolute Gasteiger partial charge is 0.508 e. The van der Waals surface area contributed by atoms with Gasteiger partial charge in [0.2, 0.25) is 0 Å². The van der Waals surface area contributed by atoms with Crippen molar-refractivity contribution >= 4 is 6.29 Å². The summed E-state index contributed by atoms with van der Waals surface area (Å²) in [4.78, 5) is 10.6. The Morgan fingerprint density at radius 1 is 1.05 bits per heavy atom. The summed E-state index contributed by atoms with van der Waals surface area (Å²) in [7, 11) is 0. The molecule has 0 fully saturated rings. The molecule has 0 amide bonds. The van der Waals surface area contributed by atoms with Crippen molar-refractivity contribution in [1.82, 2.24) is 0 Å². The van der Waals surface area contributed by atoms with Crippen LogP contribution >= 0.6 is 0 Å². The molecule has 2 aromatic rings. The molecule has 118 valence electrons. The summed E-state index contributed by atoms with van der Waals surface area (Å²) in [5, 5.41) is 9.01. The van der Waals surface area contributed by atoms with Crippen molar-refractivity contribution in [3.63, 3.8) is 0 Å². The Kier molecular flexibility index (Phi) is 6.84. The van der Waals surface area contributed by atoms with E-state index >= 15 is 0 Å². The number of aldehydes is 1. The summed E-state index contributed by atoms with van der Waals surface area (Å²) in [5.74, 6) is 0.938. The van der Waals surface area contributed by atoms with Crippen LogP contribution in [-0.2, 0) is 0 Å². The van der Waals surface area contributed by atoms with Crippen molar-refractivity contribution in [2.45, 2.75) is 47.0 Å². The van der Waals surface area contributed by atoms with Gasteiger partial charge >= 0.3 is 0 Å². The van der Waals surface area contributed by atoms with Crippen molar-refractivity contribution in [3.05, 3.63) is 64.2 Å². The first-order valence-corrected chi connectivity index (χ1v) is 7.71. The van der Waals surface area contributed by atoms with Gasteiger partial charge in [0.05, 0.1) is 0 Å². The minimum absolute atomic E-state index is 0.344. The minimum Gasteiger partial charge on any atom is -0.508 e. The lowest BCUT2D eigenvalue weighted by Gasteiger charge is -2.07. The first kappa shape index (κ1) is 18.0. The number of aryl methyl sites for hydroxylation is 3. The minimum atomic E-state index is 0.344. The molecule has 2 heteroatoms. The molecule has 0 aliphatic rings. The summed E-state index contributed by atoms with van der Waals surface area (Å²) >= 11 is 0. The molecule has 2 aromatic carbocycles. The van der Waals surface area contributed by atoms with Crippen LogP contribution in [0.5, 0.6) is 5.75 Å². The van der Waals surface area contributed by atoms with Crippen LogP contribution in [0.2, 0.25) is 0 Å². The molecule has 1 atom stereocenters. The highest BCUT2D eigenvalue weighted by Gasteiger charge is 2.01. The van der Waals surface area contributed by atoms with E-state index < -0.39 is 0 Å². The molecule has 2 rings (SSSR count). The number of phenolic OH excluding ortho intramolecular Hbond substituents is 1. The fourth-order valence-electron chi connectivity index (χ4n) is 2.42. The van der Waals surface area contributed by atoms with Crippen molar-refractivity contribution in [1.29, 1.82) is 0 Å². The average Bonchev–Trinajstić information content (AvgIpc) is 2.47. The van der Waals surface area contributed by atoms with Crippen molar-refractivity contribution in [2.75, 3.05) is 0 Å². The molecule has 0 heterocycles. The molecule has 1 unspecified atom stereocenters. The molecule has 0 aromatic heterocycles. The second-order valence-electron chi connectivity index (χ2n) is 5.83. The van der Waals surface area contributed by atoms with Gasteiger partial charge in [-0.25, -0.2) is 0 Å². The topological polar surface area (TPSA) is 37.3 Å². The van der Waals surface area contributed by atoms with E-state index in [1.54, 1.807) is 12.1 Å². The van der Waals surface area contributed by atoms with Crippen molar-refractivity contribution < 1.29 is 9.90 Å². The zero-order chi connectivity index (χ0) is 16.7. The van der Waals surface area contributed by atoms with Gasteiger partial charge in [-0.15, -0.1) is 0 Å². The highest BCUT2D eigenvalue weighted by atomic mass is 16.3. The lowest BCUT2D eigenvalue weighted by molar-refractivity contribution is 0.112. The molecule has 0 bridgehead atoms. The number of rotatable bonds is 3. The zero-order valence-corrected chi connectivity index (χ0v) is 14.2. The van der Waals surface area contributed by atoms with E-state index in [-0.39, 0.29) is 0 Å². The Bertz CT molecular complexity index is 589. The third-order valence-electron chi connectivity index (χ3n) is 3.93. The monoisotopic (exact) mass is 298 g/mol. The van der Waals surface area contributed by atoms with Crippen LogP contribution in [0.25, 0.3) is 0 Å². The zero-order valence-electron chi connectivity index (χ0n) is 14.2. The average molecular weight is 298 g/mol. The Hall–Kier alpha value is -2.09. The quantitative estimate of drug-likeness (QED) is 0.778. The molecular weight excluding hydrogens is 272 g/mol. The van der Waals surface area contributed by atoms with Crippen LogP contribution in [-0.4, -0.2) is 11.4 Å². The van der Waals surface area contributed by atoms with E-state index in [9.17, 15) is 4.79 Å². The van der Waals surface area contributed by atoms with Gasteiger partial charge in [-0.2, -0.15) is 0 Å². The number of benzene rings is 2. The predicted molar refractivity (Wildman–Crippen MR) is 92.9 cm³/mol. The van der Waals surface area contributed by atoms with Gasteiger partial charge in [0.15, 0.2) is 6.29 Å². The van der Waals surface area contributed by atoms with Crippen LogP contribution in [0.15, 0.2) is 36.4 Å². The third-order valence-corrected chi connectivity index (χ3v) is 3.93. The predicted octanol–water partition coefficient (Wildman–Crippen LogP) is 5.33. The maximum atomic E-state index is 10.6. The Balaban J connectivity index is 0.000000220. The Morgan fingerprint density at radius 3 is 1.95 bits per heavy atom. The van der Waals surface area contributed by atoms with Gasteiger partial charge in [0.25, 0.3) is 0 Å². The molecular formula is C20H26O2. The van der Waals surface area contributed by atoms with Crippen LogP contribution in [0.1, 0.15) is 58.8 Å². The molecule has 0 aliphatic carbocycles. The fourth-order valence-corrected chi connectivity index (χ4v) is 2.42. The third kappa shape index (κ3) is 5.03. The molecule has 0 aliphatic heterocycles. The molecule has 0 radical (unpaired) electrons. The Labute approximate surface area is 133 Å². The van der Waals surface area contributed by atoms with Crippen molar-refractivity contribution in [2.24, 2.45) is 0 Å². The summed E-state index contributed by atoms with van der Waals surface area (Å²) in [5.41, 5.74) is 5.47. The summed E-state index contributed by atoms with van der Waals surface area (Å²) in [6.07, 6.45) is 2.06. The lowest BCUT2D eigenvalue weighted by atomic mass is 9.99. The Morgan fingerprint density at radius 2 is 1.55 bits per heavy atom. The van der Waals surface area contributed by atoms with E-state index in [1.165, 1.54) is 11.1 Å². The summed E-state index contributed by atoms with van der Waals surface area (Å²) in [6.45, 7) is 10.3. The highest BCUT2D eigenvalue weighted by molar-refractivity contribution is 5.79. The maximum Gasteiger partial charge on any atom is 0.150 e. The number of aromatic hydroxyl groups is 1. The van der Waals surface area contributed by atoms with E-state index in [0.29, 0.717) is 11.7 Å². The van der Waals surface area contributed by atoms with Gasteiger partial charge < -0.3 is 5.11 Å². The molecule has 0 saturated carbocycles. The second-order valence-corrected chi connectivity index (χ2v) is 5.83. The number of hydrogen-bond donors (Lipinski definition) is 1. The van der Waals surface area contributed by atoms with Gasteiger partial charge in [-0.3, -0.25) is 4.79 Å². The number of carbonyl (C=O) groups is 1. The van der Waals surface area contributed by atoms with Crippen molar-refractivity contribution in [3.8, 4) is 5.75 Å². The normalized spacial score (nSPS) is 11.3. The van der Waals surface area contributed by atoms with Gasteiger partial charge in [0.1, 0.15) is 5.75 Å². The first-order chi connectivity index (χ1) is 10.4. The van der Waals surface area contributed by atoms with Gasteiger partial charge in [-0.05, 0) is 61.9 Å². The molecule has 0 saturated heterocycles. The maximum absolute atomic E-state index is 10.6. The highest BCUT2D eigenvalue weighted by Crippen LogP contribution is 2.20. The van der Waals surface area contributed by atoms with Crippen LogP contribution in [0.4, 0.5) is 0 Å². The van der Waals surface area contributed by atoms with Crippen LogP contribution < -0.4 is 0 Å². The summed E-state index contributed by atoms with van der Waals surface area (Å²) < 4.78 is 0. The van der Waals surface area contributed by atoms with Crippen LogP contribution in [0.3, 0.4) is 0 Å². The van der Waals surface area contributed by atoms with E-state index in [2.05, 4.69) is 13.8 Å². The van der Waals surface area contributed by atoms with E-state index in [1.807, 2.05) is 45.0 Å². The van der Waals surface area contributed by atoms with Crippen LogP contribution in [0, 0.1) is 20.8 Å². The number of carbonyl (C=O) groups excluding carboxylic acids is 1. The molecule has 2 nitrogen and oxygen atoms in total. The summed E-state index contributed by atoms with van der Waals surface area (Å²) in [6, 6.07) is 11.5. The molecule has 22 heavy (non-hydrogen) atoms. The second kappa shape index (κ2) is 8.38. The van der Waals surface area contributed by atoms with Gasteiger partial charge in [-0.1, -0.05) is 43.7 Å². The van der Waals surface area contributed by atoms with Gasteiger partial charge in [0, 0.05) is 5.56 Å². The standard InChI is InChI=1S/C10H12O.C10H14O/c1-7-4-8(2)10(6-11)9(3)5-7;1-3-8(2)9-4-6-10(11)7-5-9/h4-6H,1-3H3;4-8,11H,3H2,1-2H3. The van der Waals surface area contributed by atoms with E-state index in [0.717, 1.165) is 29.4 Å². The first-order valence-electron chi connectivity index (χ1n) is 7.71. The lowest BCUT2D eigenvalue weighted by Crippen LogP contribution is -1.91. The number of hydrogen-bond acceptors (Lipinski definition) is 2. The smallest absolute Gasteiger partial charge is 0.150 e. The SMILES string of the molecule is CCC(C)c1ccc(O)cc1.Cc1cc(C)c(C=O)c(C)c1. The molecule has 1 N–H and O–H groups in total. The van der Waals surface area contributed by atoms with E-state index in [4.69, 9.17) is 5.11 Å². The fraction of sp³-hybridized carbons (Fsp3) is 0.350. The number of phenols is 1. The molecule has 0 spiro atoms.